The summed E-state index contributed by atoms with van der Waals surface area (Å²) in [5.41, 5.74) is 6.91. The molecule has 0 fully saturated rings. The van der Waals surface area contributed by atoms with E-state index in [2.05, 4.69) is 12.6 Å². The van der Waals surface area contributed by atoms with E-state index < -0.39 is 0 Å². The minimum atomic E-state index is 0.495. The van der Waals surface area contributed by atoms with Crippen LogP contribution in [0, 0.1) is 0 Å². The van der Waals surface area contributed by atoms with Crippen molar-refractivity contribution >= 4 is 47.6 Å². The first kappa shape index (κ1) is 10.8. The van der Waals surface area contributed by atoms with E-state index in [0.29, 0.717) is 21.5 Å². The third kappa shape index (κ3) is 2.83. The van der Waals surface area contributed by atoms with Crippen molar-refractivity contribution in [3.05, 3.63) is 33.8 Å². The summed E-state index contributed by atoms with van der Waals surface area (Å²) >= 11 is 15.8. The van der Waals surface area contributed by atoms with Crippen LogP contribution in [0.15, 0.2) is 18.2 Å². The van der Waals surface area contributed by atoms with E-state index in [0.717, 1.165) is 5.56 Å². The van der Waals surface area contributed by atoms with Crippen LogP contribution in [0.4, 0.5) is 5.69 Å². The van der Waals surface area contributed by atoms with Crippen LogP contribution in [0.25, 0.3) is 6.08 Å². The summed E-state index contributed by atoms with van der Waals surface area (Å²) in [6, 6.07) is 3.38. The number of rotatable bonds is 2. The van der Waals surface area contributed by atoms with Gasteiger partial charge in [0, 0.05) is 10.8 Å². The number of nitrogens with two attached hydrogens (primary N) is 1. The summed E-state index contributed by atoms with van der Waals surface area (Å²) < 4.78 is 0. The highest BCUT2D eigenvalue weighted by atomic mass is 35.5. The van der Waals surface area contributed by atoms with Gasteiger partial charge in [0.15, 0.2) is 0 Å². The fourth-order valence-corrected chi connectivity index (χ4v) is 1.40. The van der Waals surface area contributed by atoms with Gasteiger partial charge in [-0.2, -0.15) is 12.6 Å². The largest absolute Gasteiger partial charge is 0.397 e. The molecule has 0 spiro atoms. The first-order chi connectivity index (χ1) is 6.15. The van der Waals surface area contributed by atoms with Crippen molar-refractivity contribution in [2.45, 2.75) is 0 Å². The fraction of sp³-hybridized carbons (Fsp3) is 0.111. The molecule has 1 aromatic rings. The second-order valence-electron chi connectivity index (χ2n) is 2.48. The first-order valence-electron chi connectivity index (χ1n) is 3.67. The zero-order valence-corrected chi connectivity index (χ0v) is 9.20. The molecular formula is C9H9Cl2NS. The third-order valence-corrected chi connectivity index (χ3v) is 2.38. The van der Waals surface area contributed by atoms with E-state index in [-0.39, 0.29) is 0 Å². The molecule has 4 heteroatoms. The van der Waals surface area contributed by atoms with Gasteiger partial charge in [-0.1, -0.05) is 35.4 Å². The average molecular weight is 234 g/mol. The van der Waals surface area contributed by atoms with Gasteiger partial charge in [0.25, 0.3) is 0 Å². The van der Waals surface area contributed by atoms with Crippen LogP contribution in [0.5, 0.6) is 0 Å². The van der Waals surface area contributed by atoms with Crippen LogP contribution in [-0.2, 0) is 0 Å². The number of nitrogen functional groups attached to an aromatic ring is 1. The smallest absolute Gasteiger partial charge is 0.0642 e. The normalized spacial score (nSPS) is 11.0. The molecule has 0 aliphatic carbocycles. The highest BCUT2D eigenvalue weighted by molar-refractivity contribution is 7.80. The van der Waals surface area contributed by atoms with E-state index in [4.69, 9.17) is 28.9 Å². The Morgan fingerprint density at radius 2 is 2.00 bits per heavy atom. The second kappa shape index (κ2) is 4.80. The summed E-state index contributed by atoms with van der Waals surface area (Å²) in [6.07, 6.45) is 3.75. The first-order valence-corrected chi connectivity index (χ1v) is 5.06. The number of hydrogen-bond donors (Lipinski definition) is 2. The predicted octanol–water partition coefficient (Wildman–Crippen LogP) is 3.52. The molecule has 2 N–H and O–H groups in total. The van der Waals surface area contributed by atoms with Crippen molar-refractivity contribution in [2.24, 2.45) is 0 Å². The molecule has 0 amide bonds. The topological polar surface area (TPSA) is 26.0 Å². The van der Waals surface area contributed by atoms with Crippen molar-refractivity contribution in [1.29, 1.82) is 0 Å². The highest BCUT2D eigenvalue weighted by Crippen LogP contribution is 2.27. The summed E-state index contributed by atoms with van der Waals surface area (Å²) in [6.45, 7) is 0. The van der Waals surface area contributed by atoms with Crippen molar-refractivity contribution < 1.29 is 0 Å². The molecule has 0 radical (unpaired) electrons. The lowest BCUT2D eigenvalue weighted by molar-refractivity contribution is 1.63. The number of benzene rings is 1. The Labute approximate surface area is 92.9 Å². The molecular weight excluding hydrogens is 225 g/mol. The van der Waals surface area contributed by atoms with E-state index >= 15 is 0 Å². The monoisotopic (exact) mass is 233 g/mol. The maximum absolute atomic E-state index is 5.92. The van der Waals surface area contributed by atoms with Crippen LogP contribution < -0.4 is 5.73 Å². The average Bonchev–Trinajstić information content (AvgIpc) is 2.09. The second-order valence-corrected chi connectivity index (χ2v) is 3.66. The molecule has 0 aliphatic rings. The van der Waals surface area contributed by atoms with Gasteiger partial charge in [-0.3, -0.25) is 0 Å². The maximum Gasteiger partial charge on any atom is 0.0642 e. The molecule has 1 rings (SSSR count). The number of hydrogen-bond acceptors (Lipinski definition) is 2. The molecule has 0 aliphatic heterocycles. The number of thiol groups is 1. The van der Waals surface area contributed by atoms with Crippen LogP contribution in [0.3, 0.4) is 0 Å². The Balaban J connectivity index is 3.08. The molecule has 13 heavy (non-hydrogen) atoms. The third-order valence-electron chi connectivity index (χ3n) is 1.52. The summed E-state index contributed by atoms with van der Waals surface area (Å²) in [7, 11) is 0. The van der Waals surface area contributed by atoms with Crippen molar-refractivity contribution in [3.8, 4) is 0 Å². The quantitative estimate of drug-likeness (QED) is 0.594. The molecule has 0 heterocycles. The number of anilines is 1. The Morgan fingerprint density at radius 1 is 1.31 bits per heavy atom. The minimum absolute atomic E-state index is 0.495. The van der Waals surface area contributed by atoms with Crippen molar-refractivity contribution in [2.75, 3.05) is 11.5 Å². The molecule has 70 valence electrons. The molecule has 0 aromatic heterocycles. The Kier molecular flexibility index (Phi) is 3.97. The minimum Gasteiger partial charge on any atom is -0.397 e. The Hall–Kier alpha value is -0.310. The fourth-order valence-electron chi connectivity index (χ4n) is 0.885. The van der Waals surface area contributed by atoms with Gasteiger partial charge in [-0.25, -0.2) is 0 Å². The Bertz CT molecular complexity index is 337. The molecule has 0 saturated heterocycles. The van der Waals surface area contributed by atoms with E-state index in [1.165, 1.54) is 0 Å². The molecule has 0 saturated carbocycles. The summed E-state index contributed by atoms with van der Waals surface area (Å²) in [5, 5.41) is 1.11. The lowest BCUT2D eigenvalue weighted by Crippen LogP contribution is -1.87. The van der Waals surface area contributed by atoms with Crippen molar-refractivity contribution in [1.82, 2.24) is 0 Å². The zero-order chi connectivity index (χ0) is 9.84. The standard InChI is InChI=1S/C9H9Cl2NS/c10-7-5-9(12)8(11)4-6(7)2-1-3-13/h1-2,4-5,13H,3,12H2. The van der Waals surface area contributed by atoms with Crippen LogP contribution in [0.2, 0.25) is 10.0 Å². The summed E-state index contributed by atoms with van der Waals surface area (Å²) in [5.74, 6) is 0.665. The van der Waals surface area contributed by atoms with Gasteiger partial charge in [-0.15, -0.1) is 0 Å². The van der Waals surface area contributed by atoms with Gasteiger partial charge in [0.2, 0.25) is 0 Å². The molecule has 0 atom stereocenters. The van der Waals surface area contributed by atoms with Crippen molar-refractivity contribution in [3.63, 3.8) is 0 Å². The predicted molar refractivity (Wildman–Crippen MR) is 63.8 cm³/mol. The maximum atomic E-state index is 5.92. The molecule has 1 nitrogen and oxygen atoms in total. The highest BCUT2D eigenvalue weighted by Gasteiger charge is 2.01. The van der Waals surface area contributed by atoms with Gasteiger partial charge in [0.1, 0.15) is 0 Å². The van der Waals surface area contributed by atoms with Crippen LogP contribution in [-0.4, -0.2) is 5.75 Å². The van der Waals surface area contributed by atoms with Crippen LogP contribution in [0.1, 0.15) is 5.56 Å². The zero-order valence-electron chi connectivity index (χ0n) is 6.80. The molecule has 0 unspecified atom stereocenters. The summed E-state index contributed by atoms with van der Waals surface area (Å²) in [4.78, 5) is 0. The van der Waals surface area contributed by atoms with Gasteiger partial charge >= 0.3 is 0 Å². The van der Waals surface area contributed by atoms with E-state index in [1.807, 2.05) is 12.2 Å². The molecule has 1 aromatic carbocycles. The van der Waals surface area contributed by atoms with E-state index in [1.54, 1.807) is 12.1 Å². The SMILES string of the molecule is Nc1cc(Cl)c(C=CCS)cc1Cl. The Morgan fingerprint density at radius 3 is 2.62 bits per heavy atom. The van der Waals surface area contributed by atoms with Gasteiger partial charge in [-0.05, 0) is 17.7 Å². The van der Waals surface area contributed by atoms with Gasteiger partial charge in [0.05, 0.1) is 10.7 Å². The van der Waals surface area contributed by atoms with Gasteiger partial charge < -0.3 is 5.73 Å². The van der Waals surface area contributed by atoms with Crippen LogP contribution >= 0.6 is 35.8 Å². The lowest BCUT2D eigenvalue weighted by Gasteiger charge is -2.02. The molecule has 0 bridgehead atoms. The van der Waals surface area contributed by atoms with E-state index in [9.17, 15) is 0 Å². The lowest BCUT2D eigenvalue weighted by atomic mass is 10.2. The number of halogens is 2.